The number of hydrogen-bond acceptors (Lipinski definition) is 2. The Morgan fingerprint density at radius 3 is 1.17 bits per heavy atom. The molecule has 6 heteroatoms. The molecule has 0 bridgehead atoms. The maximum atomic E-state index is 7.39. The fraction of sp³-hybridized carbons (Fsp3) is 0. The monoisotopic (exact) mass is 96.0 g/mol. The molecule has 0 aromatic rings. The molecule has 0 heterocycles. The van der Waals surface area contributed by atoms with E-state index in [0.29, 0.717) is 0 Å². The van der Waals surface area contributed by atoms with Crippen molar-refractivity contribution in [3.05, 3.63) is 0 Å². The molecule has 0 aliphatic carbocycles. The fourth-order valence-corrected chi connectivity index (χ4v) is 0. The Hall–Kier alpha value is -0.0901. The highest BCUT2D eigenvalue weighted by atomic mass is 19.0. The molecule has 36 valence electrons. The molecule has 2 nitrogen and oxygen atoms in total. The second kappa shape index (κ2) is 8.86. The van der Waals surface area contributed by atoms with Crippen molar-refractivity contribution in [3.63, 3.8) is 0 Å². The van der Waals surface area contributed by atoms with Crippen LogP contribution in [0.5, 0.6) is 0 Å². The smallest absolute Gasteiger partial charge is 0.381 e. The minimum atomic E-state index is -1.67. The van der Waals surface area contributed by atoms with Crippen LogP contribution in [0.4, 0.5) is 9.41 Å². The maximum Gasteiger partial charge on any atom is 0.381 e. The van der Waals surface area contributed by atoms with E-state index < -0.39 is 7.01 Å². The second-order valence-corrected chi connectivity index (χ2v) is 0.414. The van der Waals surface area contributed by atoms with Crippen LogP contribution >= 0.6 is 0 Å². The SMILES string of the molecule is F.F.[B]B(O)O. The average Bonchev–Trinajstić information content (AvgIpc) is 0.811. The van der Waals surface area contributed by atoms with Gasteiger partial charge in [-0.25, -0.2) is 0 Å². The highest BCUT2D eigenvalue weighted by Crippen LogP contribution is 1.38. The summed E-state index contributed by atoms with van der Waals surface area (Å²) in [6.45, 7) is 0. The number of rotatable bonds is 0. The minimum absolute atomic E-state index is 0. The van der Waals surface area contributed by atoms with Crippen molar-refractivity contribution in [1.29, 1.82) is 0 Å². The molecule has 6 heavy (non-hydrogen) atoms. The lowest BCUT2D eigenvalue weighted by Gasteiger charge is -1.72. The molecule has 0 rings (SSSR count). The van der Waals surface area contributed by atoms with Crippen molar-refractivity contribution >= 4 is 14.7 Å². The number of hydrogen-bond donors (Lipinski definition) is 2. The van der Waals surface area contributed by atoms with Gasteiger partial charge in [-0.3, -0.25) is 9.41 Å². The van der Waals surface area contributed by atoms with Gasteiger partial charge in [0.25, 0.3) is 0 Å². The van der Waals surface area contributed by atoms with Crippen molar-refractivity contribution in [2.45, 2.75) is 0 Å². The molecule has 0 spiro atoms. The van der Waals surface area contributed by atoms with Gasteiger partial charge < -0.3 is 10.0 Å². The molecule has 0 aliphatic rings. The third-order valence-corrected chi connectivity index (χ3v) is 0. The molecule has 0 unspecified atom stereocenters. The van der Waals surface area contributed by atoms with E-state index >= 15 is 0 Å². The van der Waals surface area contributed by atoms with Crippen LogP contribution in [0.2, 0.25) is 0 Å². The van der Waals surface area contributed by atoms with E-state index in [9.17, 15) is 0 Å². The van der Waals surface area contributed by atoms with Crippen molar-refractivity contribution in [1.82, 2.24) is 0 Å². The molecule has 2 N–H and O–H groups in total. The van der Waals surface area contributed by atoms with Crippen LogP contribution in [-0.2, 0) is 0 Å². The molecule has 0 aromatic heterocycles. The summed E-state index contributed by atoms with van der Waals surface area (Å²) in [7, 11) is 2.56. The molecule has 0 saturated carbocycles. The molecule has 0 aliphatic heterocycles. The zero-order valence-corrected chi connectivity index (χ0v) is 2.87. The molecule has 0 saturated heterocycles. The lowest BCUT2D eigenvalue weighted by atomic mass is 9.64. The van der Waals surface area contributed by atoms with Crippen LogP contribution in [0.15, 0.2) is 0 Å². The lowest BCUT2D eigenvalue weighted by molar-refractivity contribution is 0.435. The van der Waals surface area contributed by atoms with Gasteiger partial charge >= 0.3 is 7.01 Å². The second-order valence-electron chi connectivity index (χ2n) is 0.414. The molecule has 0 amide bonds. The van der Waals surface area contributed by atoms with Gasteiger partial charge in [0.05, 0.1) is 0 Å². The van der Waals surface area contributed by atoms with Crippen molar-refractivity contribution in [2.24, 2.45) is 0 Å². The van der Waals surface area contributed by atoms with Crippen LogP contribution in [-0.4, -0.2) is 24.8 Å². The largest absolute Gasteiger partial charge is 0.434 e. The van der Waals surface area contributed by atoms with Crippen molar-refractivity contribution in [3.8, 4) is 0 Å². The predicted molar refractivity (Wildman–Crippen MR) is 21.0 cm³/mol. The first-order valence-corrected chi connectivity index (χ1v) is 0.850. The van der Waals surface area contributed by atoms with Crippen LogP contribution in [0, 0.1) is 0 Å². The summed E-state index contributed by atoms with van der Waals surface area (Å²) in [6.07, 6.45) is 0. The summed E-state index contributed by atoms with van der Waals surface area (Å²) in [5.74, 6) is 0. The van der Waals surface area contributed by atoms with Gasteiger partial charge in [0.15, 0.2) is 0 Å². The highest BCUT2D eigenvalue weighted by Gasteiger charge is 1.84. The van der Waals surface area contributed by atoms with Gasteiger partial charge in [-0.15, -0.1) is 0 Å². The first kappa shape index (κ1) is 16.8. The normalized spacial score (nSPS) is 4.33. The van der Waals surface area contributed by atoms with Gasteiger partial charge in [0, 0.05) is 0 Å². The van der Waals surface area contributed by atoms with E-state index in [2.05, 4.69) is 7.74 Å². The summed E-state index contributed by atoms with van der Waals surface area (Å²) in [4.78, 5) is 0. The third kappa shape index (κ3) is 4080. The Bertz CT molecular complexity index is 14.3. The number of halogens is 2. The van der Waals surface area contributed by atoms with Crippen molar-refractivity contribution in [2.75, 3.05) is 0 Å². The van der Waals surface area contributed by atoms with Gasteiger partial charge in [-0.2, -0.15) is 0 Å². The summed E-state index contributed by atoms with van der Waals surface area (Å²) in [5.41, 5.74) is 0. The van der Waals surface area contributed by atoms with Crippen molar-refractivity contribution < 1.29 is 19.5 Å². The van der Waals surface area contributed by atoms with E-state index in [1.54, 1.807) is 0 Å². The zero-order chi connectivity index (χ0) is 3.58. The molecular weight excluding hydrogens is 91.6 g/mol. The summed E-state index contributed by atoms with van der Waals surface area (Å²) in [5, 5.41) is 14.8. The quantitative estimate of drug-likeness (QED) is 0.357. The van der Waals surface area contributed by atoms with Gasteiger partial charge in [-0.05, 0) is 0 Å². The third-order valence-electron chi connectivity index (χ3n) is 0. The van der Waals surface area contributed by atoms with Gasteiger partial charge in [0.2, 0.25) is 0 Å². The highest BCUT2D eigenvalue weighted by molar-refractivity contribution is 6.93. The van der Waals surface area contributed by atoms with Gasteiger partial charge in [-0.1, -0.05) is 0 Å². The van der Waals surface area contributed by atoms with E-state index in [4.69, 9.17) is 10.0 Å². The maximum absolute atomic E-state index is 7.39. The van der Waals surface area contributed by atoms with E-state index in [1.807, 2.05) is 0 Å². The standard InChI is InChI=1S/B2H2O2.2FH/c1-2(3)4;;/h3-4H;2*1H. The minimum Gasteiger partial charge on any atom is -0.434 e. The zero-order valence-electron chi connectivity index (χ0n) is 2.87. The topological polar surface area (TPSA) is 40.5 Å². The Morgan fingerprint density at radius 2 is 1.17 bits per heavy atom. The Labute approximate surface area is 35.4 Å². The molecule has 0 aromatic carbocycles. The first-order chi connectivity index (χ1) is 1.73. The van der Waals surface area contributed by atoms with Crippen LogP contribution in [0.25, 0.3) is 0 Å². The summed E-state index contributed by atoms with van der Waals surface area (Å²) in [6, 6.07) is 0. The van der Waals surface area contributed by atoms with Crippen LogP contribution in [0.1, 0.15) is 0 Å². The van der Waals surface area contributed by atoms with Gasteiger partial charge in [0.1, 0.15) is 7.74 Å². The predicted octanol–water partition coefficient (Wildman–Crippen LogP) is -1.57. The van der Waals surface area contributed by atoms with E-state index in [1.165, 1.54) is 0 Å². The molecule has 0 atom stereocenters. The van der Waals surface area contributed by atoms with E-state index in [-0.39, 0.29) is 9.41 Å². The van der Waals surface area contributed by atoms with Crippen LogP contribution in [0.3, 0.4) is 0 Å². The molecular formula is H4B2F2O2. The fourth-order valence-electron chi connectivity index (χ4n) is 0. The Kier molecular flexibility index (Phi) is 24.9. The lowest BCUT2D eigenvalue weighted by Crippen LogP contribution is -2.08. The van der Waals surface area contributed by atoms with E-state index in [0.717, 1.165) is 0 Å². The average molecular weight is 95.6 g/mol. The summed E-state index contributed by atoms with van der Waals surface area (Å²) < 4.78 is 0. The molecule has 0 fully saturated rings. The first-order valence-electron chi connectivity index (χ1n) is 0.850. The Balaban J connectivity index is -0.0000000450. The summed E-state index contributed by atoms with van der Waals surface area (Å²) >= 11 is 0. The molecule has 2 radical (unpaired) electrons. The van der Waals surface area contributed by atoms with Crippen LogP contribution < -0.4 is 0 Å². The Morgan fingerprint density at radius 1 is 1.17 bits per heavy atom.